The van der Waals surface area contributed by atoms with Crippen LogP contribution >= 0.6 is 12.4 Å². The van der Waals surface area contributed by atoms with Crippen LogP contribution in [0.3, 0.4) is 0 Å². The number of carbonyl (C=O) groups is 3. The fourth-order valence-electron chi connectivity index (χ4n) is 4.60. The first-order valence-electron chi connectivity index (χ1n) is 14.0. The normalized spacial score (nSPS) is 14.3. The third kappa shape index (κ3) is 8.18. The van der Waals surface area contributed by atoms with Crippen molar-refractivity contribution >= 4 is 36.4 Å². The molecule has 0 atom stereocenters. The maximum Gasteiger partial charge on any atom is 0.337 e. The van der Waals surface area contributed by atoms with E-state index in [4.69, 9.17) is 9.72 Å². The van der Waals surface area contributed by atoms with Crippen molar-refractivity contribution in [1.29, 1.82) is 0 Å². The van der Waals surface area contributed by atoms with Gasteiger partial charge in [-0.15, -0.1) is 12.4 Å². The molecule has 0 aliphatic carbocycles. The molecule has 1 fully saturated rings. The Morgan fingerprint density at radius 1 is 0.897 bits per heavy atom. The first kappa shape index (κ1) is 32.1. The van der Waals surface area contributed by atoms with Gasteiger partial charge in [-0.25, -0.2) is 14.6 Å². The highest BCUT2D eigenvalue weighted by atomic mass is 35.5. The van der Waals surface area contributed by atoms with E-state index in [1.165, 1.54) is 12.0 Å². The number of benzene rings is 1. The van der Waals surface area contributed by atoms with Gasteiger partial charge in [-0.1, -0.05) is 65.0 Å². The largest absolute Gasteiger partial charge is 0.465 e. The molecule has 3 amide bonds. The summed E-state index contributed by atoms with van der Waals surface area (Å²) in [4.78, 5) is 46.2. The van der Waals surface area contributed by atoms with Crippen LogP contribution in [0, 0.1) is 0 Å². The second-order valence-corrected chi connectivity index (χ2v) is 9.81. The number of hydrogen-bond donors (Lipinski definition) is 0. The van der Waals surface area contributed by atoms with Crippen molar-refractivity contribution in [2.75, 3.05) is 20.2 Å². The van der Waals surface area contributed by atoms with E-state index in [1.807, 2.05) is 18.2 Å². The van der Waals surface area contributed by atoms with Gasteiger partial charge in [0.2, 0.25) is 0 Å². The Hall–Kier alpha value is -3.13. The quantitative estimate of drug-likeness (QED) is 0.108. The van der Waals surface area contributed by atoms with E-state index < -0.39 is 0 Å². The van der Waals surface area contributed by atoms with Crippen LogP contribution in [-0.4, -0.2) is 57.5 Å². The Labute approximate surface area is 238 Å². The maximum absolute atomic E-state index is 13.4. The summed E-state index contributed by atoms with van der Waals surface area (Å²) in [5, 5.41) is 0. The van der Waals surface area contributed by atoms with Crippen molar-refractivity contribution < 1.29 is 19.1 Å². The minimum absolute atomic E-state index is 0. The molecule has 0 N–H and O–H groups in total. The summed E-state index contributed by atoms with van der Waals surface area (Å²) in [5.41, 5.74) is 2.71. The number of amides is 3. The number of carbonyl (C=O) groups excluding carboxylic acids is 3. The highest BCUT2D eigenvalue weighted by molar-refractivity contribution is 6.13. The number of hydrogen-bond acceptors (Lipinski definition) is 5. The van der Waals surface area contributed by atoms with Crippen LogP contribution < -0.4 is 0 Å². The van der Waals surface area contributed by atoms with Gasteiger partial charge in [0.15, 0.2) is 0 Å². The van der Waals surface area contributed by atoms with Gasteiger partial charge in [0.05, 0.1) is 24.6 Å². The topological polar surface area (TPSA) is 84.7 Å². The van der Waals surface area contributed by atoms with Crippen LogP contribution in [0.1, 0.15) is 99.6 Å². The van der Waals surface area contributed by atoms with Crippen molar-refractivity contribution in [3.8, 4) is 0 Å². The second-order valence-electron chi connectivity index (χ2n) is 9.81. The molecule has 214 valence electrons. The first-order chi connectivity index (χ1) is 18.4. The van der Waals surface area contributed by atoms with Crippen molar-refractivity contribution in [1.82, 2.24) is 19.4 Å². The molecule has 1 aromatic heterocycles. The van der Waals surface area contributed by atoms with E-state index in [9.17, 15) is 14.4 Å². The fourth-order valence-corrected chi connectivity index (χ4v) is 4.60. The van der Waals surface area contributed by atoms with Gasteiger partial charge >= 0.3 is 12.0 Å². The molecule has 8 nitrogen and oxygen atoms in total. The lowest BCUT2D eigenvalue weighted by Crippen LogP contribution is -2.34. The second kappa shape index (κ2) is 16.1. The number of methoxy groups -OCH3 is 1. The van der Waals surface area contributed by atoms with E-state index in [0.717, 1.165) is 74.9 Å². The third-order valence-electron chi connectivity index (χ3n) is 6.91. The number of rotatable bonds is 15. The number of nitrogens with zero attached hydrogens (tertiary/aromatic N) is 4. The average Bonchev–Trinajstić information content (AvgIpc) is 3.40. The van der Waals surface area contributed by atoms with Crippen LogP contribution in [-0.2, 0) is 22.5 Å². The van der Waals surface area contributed by atoms with Crippen LogP contribution in [0.2, 0.25) is 0 Å². The monoisotopic (exact) mass is 558 g/mol. The predicted octanol–water partition coefficient (Wildman–Crippen LogP) is 6.47. The van der Waals surface area contributed by atoms with Crippen molar-refractivity contribution in [3.05, 3.63) is 58.8 Å². The van der Waals surface area contributed by atoms with Gasteiger partial charge in [0, 0.05) is 26.1 Å². The minimum Gasteiger partial charge on any atom is -0.465 e. The van der Waals surface area contributed by atoms with Gasteiger partial charge in [0.1, 0.15) is 11.5 Å². The molecule has 2 aromatic rings. The number of imidazole rings is 1. The van der Waals surface area contributed by atoms with Gasteiger partial charge in [0.25, 0.3) is 5.91 Å². The smallest absolute Gasteiger partial charge is 0.337 e. The molecule has 1 saturated heterocycles. The SMILES string of the molecule is CCCCCCN1C(=O)N(CCCC)C(=O)C1=Cc1cnc(CCCC)n1Cc1ccc(C(=O)OC)cc1.Cl. The lowest BCUT2D eigenvalue weighted by molar-refractivity contribution is -0.123. The summed E-state index contributed by atoms with van der Waals surface area (Å²) in [7, 11) is 1.37. The highest BCUT2D eigenvalue weighted by Crippen LogP contribution is 2.26. The molecule has 2 heterocycles. The molecule has 1 aliphatic heterocycles. The number of esters is 1. The zero-order chi connectivity index (χ0) is 27.5. The minimum atomic E-state index is -0.371. The molecule has 0 radical (unpaired) electrons. The van der Waals surface area contributed by atoms with E-state index in [2.05, 4.69) is 25.3 Å². The summed E-state index contributed by atoms with van der Waals surface area (Å²) in [6.07, 6.45) is 12.3. The molecule has 39 heavy (non-hydrogen) atoms. The van der Waals surface area contributed by atoms with E-state index in [-0.39, 0.29) is 30.3 Å². The number of ether oxygens (including phenoxy) is 1. The Balaban J connectivity index is 0.00000533. The number of imide groups is 1. The van der Waals surface area contributed by atoms with Gasteiger partial charge in [-0.05, 0) is 43.0 Å². The Bertz CT molecular complexity index is 1130. The van der Waals surface area contributed by atoms with Crippen molar-refractivity contribution in [2.24, 2.45) is 0 Å². The summed E-state index contributed by atoms with van der Waals surface area (Å²) < 4.78 is 6.92. The van der Waals surface area contributed by atoms with Crippen LogP contribution in [0.25, 0.3) is 6.08 Å². The summed E-state index contributed by atoms with van der Waals surface area (Å²) in [5.74, 6) is 0.332. The molecule has 0 unspecified atom stereocenters. The molecule has 0 spiro atoms. The summed E-state index contributed by atoms with van der Waals surface area (Å²) >= 11 is 0. The molecule has 9 heteroatoms. The fraction of sp³-hybridized carbons (Fsp3) is 0.533. The molecular weight excluding hydrogens is 516 g/mol. The predicted molar refractivity (Wildman–Crippen MR) is 156 cm³/mol. The molecule has 0 bridgehead atoms. The zero-order valence-electron chi connectivity index (χ0n) is 23.8. The van der Waals surface area contributed by atoms with Crippen molar-refractivity contribution in [3.63, 3.8) is 0 Å². The van der Waals surface area contributed by atoms with E-state index in [1.54, 1.807) is 23.2 Å². The molecule has 0 saturated carbocycles. The number of aryl methyl sites for hydroxylation is 1. The van der Waals surface area contributed by atoms with E-state index in [0.29, 0.717) is 30.9 Å². The molecular formula is C30H43ClN4O4. The Morgan fingerprint density at radius 2 is 1.56 bits per heavy atom. The molecule has 1 aromatic carbocycles. The van der Waals surface area contributed by atoms with Gasteiger partial charge in [-0.2, -0.15) is 0 Å². The standard InChI is InChI=1S/C30H42N4O4.ClH/c1-5-8-11-12-19-32-26(28(35)33(30(32)37)18-10-7-3)20-25-21-31-27(13-9-6-2)34(25)22-23-14-16-24(17-15-23)29(36)38-4;/h14-17,20-21H,5-13,18-19,22H2,1-4H3;1H. The number of unbranched alkanes of at least 4 members (excludes halogenated alkanes) is 5. The first-order valence-corrected chi connectivity index (χ1v) is 14.0. The average molecular weight is 559 g/mol. The van der Waals surface area contributed by atoms with Gasteiger partial charge in [-0.3, -0.25) is 14.6 Å². The zero-order valence-corrected chi connectivity index (χ0v) is 24.6. The Morgan fingerprint density at radius 3 is 2.21 bits per heavy atom. The molecule has 1 aliphatic rings. The molecule has 3 rings (SSSR count). The Kier molecular flexibility index (Phi) is 13.2. The lowest BCUT2D eigenvalue weighted by Gasteiger charge is -2.17. The third-order valence-corrected chi connectivity index (χ3v) is 6.91. The van der Waals surface area contributed by atoms with Crippen LogP contribution in [0.15, 0.2) is 36.2 Å². The highest BCUT2D eigenvalue weighted by Gasteiger charge is 2.40. The summed E-state index contributed by atoms with van der Waals surface area (Å²) in [6.45, 7) is 7.86. The maximum atomic E-state index is 13.4. The number of urea groups is 1. The lowest BCUT2D eigenvalue weighted by atomic mass is 10.1. The van der Waals surface area contributed by atoms with E-state index >= 15 is 0 Å². The summed E-state index contributed by atoms with van der Waals surface area (Å²) in [6, 6.07) is 7.10. The van der Waals surface area contributed by atoms with Crippen LogP contribution in [0.5, 0.6) is 0 Å². The van der Waals surface area contributed by atoms with Crippen LogP contribution in [0.4, 0.5) is 4.79 Å². The van der Waals surface area contributed by atoms with Gasteiger partial charge < -0.3 is 9.30 Å². The number of aromatic nitrogens is 2. The number of halogens is 1. The van der Waals surface area contributed by atoms with Crippen molar-refractivity contribution in [2.45, 2.75) is 85.1 Å².